The third-order valence-electron chi connectivity index (χ3n) is 1.82. The van der Waals surface area contributed by atoms with Gasteiger partial charge in [-0.15, -0.1) is 0 Å². The van der Waals surface area contributed by atoms with Crippen molar-refractivity contribution >= 4 is 27.3 Å². The monoisotopic (exact) mass is 294 g/mol. The van der Waals surface area contributed by atoms with Gasteiger partial charge < -0.3 is 15.8 Å². The second kappa shape index (κ2) is 6.65. The van der Waals surface area contributed by atoms with Crippen LogP contribution in [0.1, 0.15) is 0 Å². The summed E-state index contributed by atoms with van der Waals surface area (Å²) in [5, 5.41) is 3.00. The van der Waals surface area contributed by atoms with E-state index in [1.54, 1.807) is 6.07 Å². The van der Waals surface area contributed by atoms with Crippen LogP contribution in [0, 0.1) is 0 Å². The molecule has 0 unspecified atom stereocenters. The van der Waals surface area contributed by atoms with Gasteiger partial charge in [0.15, 0.2) is 0 Å². The van der Waals surface area contributed by atoms with E-state index in [9.17, 15) is 8.78 Å². The van der Waals surface area contributed by atoms with Gasteiger partial charge in [-0.2, -0.15) is 0 Å². The Morgan fingerprint density at radius 1 is 1.44 bits per heavy atom. The Morgan fingerprint density at radius 2 is 2.19 bits per heavy atom. The molecule has 3 N–H and O–H groups in total. The first-order valence-corrected chi connectivity index (χ1v) is 5.53. The van der Waals surface area contributed by atoms with E-state index in [2.05, 4.69) is 21.2 Å². The predicted molar refractivity (Wildman–Crippen MR) is 63.9 cm³/mol. The molecule has 6 heteroatoms. The van der Waals surface area contributed by atoms with Gasteiger partial charge in [0.05, 0.1) is 18.0 Å². The van der Waals surface area contributed by atoms with E-state index in [1.165, 1.54) is 0 Å². The molecular weight excluding hydrogens is 282 g/mol. The van der Waals surface area contributed by atoms with Crippen molar-refractivity contribution in [3.63, 3.8) is 0 Å². The van der Waals surface area contributed by atoms with Crippen molar-refractivity contribution in [2.75, 3.05) is 30.8 Å². The smallest absolute Gasteiger partial charge is 0.261 e. The topological polar surface area (TPSA) is 47.3 Å². The molecule has 3 nitrogen and oxygen atoms in total. The van der Waals surface area contributed by atoms with Gasteiger partial charge in [-0.3, -0.25) is 0 Å². The minimum atomic E-state index is -2.42. The van der Waals surface area contributed by atoms with Crippen LogP contribution < -0.4 is 11.1 Å². The normalized spacial score (nSPS) is 10.8. The molecule has 0 aliphatic heterocycles. The van der Waals surface area contributed by atoms with Crippen LogP contribution in [0.25, 0.3) is 0 Å². The Balaban J connectivity index is 2.27. The molecule has 0 radical (unpaired) electrons. The summed E-state index contributed by atoms with van der Waals surface area (Å²) in [5.41, 5.74) is 7.10. The van der Waals surface area contributed by atoms with Crippen LogP contribution in [0.4, 0.5) is 20.2 Å². The average Bonchev–Trinajstić information content (AvgIpc) is 2.20. The molecule has 90 valence electrons. The maximum Gasteiger partial charge on any atom is 0.261 e. The van der Waals surface area contributed by atoms with Gasteiger partial charge in [-0.05, 0) is 18.2 Å². The zero-order valence-corrected chi connectivity index (χ0v) is 10.1. The van der Waals surface area contributed by atoms with E-state index < -0.39 is 13.0 Å². The Labute approximate surface area is 101 Å². The molecule has 16 heavy (non-hydrogen) atoms. The minimum absolute atomic E-state index is 0.222. The van der Waals surface area contributed by atoms with Crippen LogP contribution in [0.15, 0.2) is 22.7 Å². The minimum Gasteiger partial charge on any atom is -0.397 e. The summed E-state index contributed by atoms with van der Waals surface area (Å²) < 4.78 is 29.1. The summed E-state index contributed by atoms with van der Waals surface area (Å²) in [7, 11) is 0. The lowest BCUT2D eigenvalue weighted by Crippen LogP contribution is -2.13. The highest BCUT2D eigenvalue weighted by molar-refractivity contribution is 9.10. The summed E-state index contributed by atoms with van der Waals surface area (Å²) in [4.78, 5) is 0. The molecule has 1 rings (SSSR count). The molecule has 0 saturated heterocycles. The fraction of sp³-hybridized carbons (Fsp3) is 0.400. The molecule has 1 aromatic rings. The van der Waals surface area contributed by atoms with Gasteiger partial charge in [0.1, 0.15) is 6.61 Å². The van der Waals surface area contributed by atoms with Crippen LogP contribution in [-0.4, -0.2) is 26.2 Å². The van der Waals surface area contributed by atoms with Crippen molar-refractivity contribution in [2.24, 2.45) is 0 Å². The van der Waals surface area contributed by atoms with E-state index in [-0.39, 0.29) is 6.61 Å². The molecule has 0 heterocycles. The summed E-state index contributed by atoms with van der Waals surface area (Å²) in [6.45, 7) is 0.135. The molecule has 0 spiro atoms. The lowest BCUT2D eigenvalue weighted by atomic mass is 10.3. The lowest BCUT2D eigenvalue weighted by Gasteiger charge is -2.09. The molecule has 0 aromatic heterocycles. The van der Waals surface area contributed by atoms with Crippen LogP contribution in [0.3, 0.4) is 0 Å². The third kappa shape index (κ3) is 4.76. The molecule has 1 aromatic carbocycles. The van der Waals surface area contributed by atoms with Gasteiger partial charge in [0.25, 0.3) is 6.43 Å². The molecule has 0 bridgehead atoms. The quantitative estimate of drug-likeness (QED) is 0.626. The molecule has 0 aliphatic carbocycles. The van der Waals surface area contributed by atoms with Crippen molar-refractivity contribution in [3.8, 4) is 0 Å². The first-order valence-electron chi connectivity index (χ1n) is 4.74. The second-order valence-electron chi connectivity index (χ2n) is 3.12. The van der Waals surface area contributed by atoms with Crippen LogP contribution in [-0.2, 0) is 4.74 Å². The largest absolute Gasteiger partial charge is 0.397 e. The summed E-state index contributed by atoms with van der Waals surface area (Å²) >= 11 is 3.29. The van der Waals surface area contributed by atoms with Crippen molar-refractivity contribution in [1.82, 2.24) is 0 Å². The highest BCUT2D eigenvalue weighted by Gasteiger charge is 2.02. The Bertz CT molecular complexity index is 337. The van der Waals surface area contributed by atoms with Crippen molar-refractivity contribution < 1.29 is 13.5 Å². The first kappa shape index (κ1) is 13.2. The van der Waals surface area contributed by atoms with E-state index in [4.69, 9.17) is 10.5 Å². The van der Waals surface area contributed by atoms with Crippen LogP contribution >= 0.6 is 15.9 Å². The summed E-state index contributed by atoms with van der Waals surface area (Å²) in [5.74, 6) is 0. The van der Waals surface area contributed by atoms with E-state index in [0.29, 0.717) is 12.2 Å². The first-order chi connectivity index (χ1) is 7.59. The fourth-order valence-electron chi connectivity index (χ4n) is 1.12. The number of alkyl halides is 2. The number of nitrogen functional groups attached to an aromatic ring is 1. The Morgan fingerprint density at radius 3 is 2.81 bits per heavy atom. The molecule has 0 amide bonds. The number of hydrogen-bond acceptors (Lipinski definition) is 3. The van der Waals surface area contributed by atoms with E-state index in [0.717, 1.165) is 10.2 Å². The lowest BCUT2D eigenvalue weighted by molar-refractivity contribution is 0.0215. The number of nitrogens with one attached hydrogen (secondary N) is 1. The van der Waals surface area contributed by atoms with Crippen LogP contribution in [0.5, 0.6) is 0 Å². The zero-order chi connectivity index (χ0) is 12.0. The fourth-order valence-corrected chi connectivity index (χ4v) is 1.50. The van der Waals surface area contributed by atoms with Gasteiger partial charge in [0, 0.05) is 11.0 Å². The SMILES string of the molecule is Nc1cc(Br)ccc1NCCOCC(F)F. The number of halogens is 3. The van der Waals surface area contributed by atoms with Gasteiger partial charge in [-0.25, -0.2) is 8.78 Å². The molecule has 0 aliphatic rings. The maximum absolute atomic E-state index is 11.7. The molecular formula is C10H13BrF2N2O. The van der Waals surface area contributed by atoms with Gasteiger partial charge >= 0.3 is 0 Å². The maximum atomic E-state index is 11.7. The van der Waals surface area contributed by atoms with Gasteiger partial charge in [-0.1, -0.05) is 15.9 Å². The number of rotatable bonds is 6. The second-order valence-corrected chi connectivity index (χ2v) is 4.04. The summed E-state index contributed by atoms with van der Waals surface area (Å²) in [6.07, 6.45) is -2.42. The van der Waals surface area contributed by atoms with E-state index >= 15 is 0 Å². The standard InChI is InChI=1S/C10H13BrF2N2O/c11-7-1-2-9(8(14)5-7)15-3-4-16-6-10(12)13/h1-2,5,10,15H,3-4,6,14H2. The van der Waals surface area contributed by atoms with Crippen molar-refractivity contribution in [1.29, 1.82) is 0 Å². The third-order valence-corrected chi connectivity index (χ3v) is 2.31. The molecule has 0 fully saturated rings. The predicted octanol–water partition coefficient (Wildman–Crippen LogP) is 2.72. The van der Waals surface area contributed by atoms with Crippen molar-refractivity contribution in [2.45, 2.75) is 6.43 Å². The van der Waals surface area contributed by atoms with Crippen molar-refractivity contribution in [3.05, 3.63) is 22.7 Å². The number of anilines is 2. The highest BCUT2D eigenvalue weighted by atomic mass is 79.9. The number of benzene rings is 1. The number of hydrogen-bond donors (Lipinski definition) is 2. The molecule has 0 saturated carbocycles. The van der Waals surface area contributed by atoms with E-state index in [1.807, 2.05) is 12.1 Å². The Hall–Kier alpha value is -0.880. The average molecular weight is 295 g/mol. The highest BCUT2D eigenvalue weighted by Crippen LogP contribution is 2.22. The number of ether oxygens (including phenoxy) is 1. The number of nitrogens with two attached hydrogens (primary N) is 1. The Kier molecular flexibility index (Phi) is 5.48. The summed E-state index contributed by atoms with van der Waals surface area (Å²) in [6, 6.07) is 5.42. The molecule has 0 atom stereocenters. The zero-order valence-electron chi connectivity index (χ0n) is 8.55. The van der Waals surface area contributed by atoms with Crippen LogP contribution in [0.2, 0.25) is 0 Å². The van der Waals surface area contributed by atoms with Gasteiger partial charge in [0.2, 0.25) is 0 Å².